The Morgan fingerprint density at radius 1 is 1.26 bits per heavy atom. The zero-order chi connectivity index (χ0) is 13.1. The second-order valence-electron chi connectivity index (χ2n) is 5.42. The van der Waals surface area contributed by atoms with Gasteiger partial charge in [-0.15, -0.1) is 0 Å². The van der Waals surface area contributed by atoms with Crippen LogP contribution in [0, 0.1) is 0 Å². The summed E-state index contributed by atoms with van der Waals surface area (Å²) in [5.74, 6) is 1.81. The molecule has 19 heavy (non-hydrogen) atoms. The number of anilines is 2. The average molecular weight is 261 g/mol. The molecule has 1 aliphatic carbocycles. The first kappa shape index (κ1) is 12.7. The minimum atomic E-state index is 0.754. The number of rotatable bonds is 5. The van der Waals surface area contributed by atoms with E-state index in [1.807, 2.05) is 12.3 Å². The number of nitrogens with one attached hydrogen (secondary N) is 1. The van der Waals surface area contributed by atoms with Crippen molar-refractivity contribution < 1.29 is 0 Å². The fourth-order valence-electron chi connectivity index (χ4n) is 2.60. The van der Waals surface area contributed by atoms with Gasteiger partial charge in [-0.3, -0.25) is 4.90 Å². The maximum atomic E-state index is 4.60. The molecule has 2 fully saturated rings. The second-order valence-corrected chi connectivity index (χ2v) is 5.42. The smallest absolute Gasteiger partial charge is 0.224 e. The lowest BCUT2D eigenvalue weighted by Crippen LogP contribution is -2.47. The predicted molar refractivity (Wildman–Crippen MR) is 77.6 cm³/mol. The van der Waals surface area contributed by atoms with E-state index >= 15 is 0 Å². The summed E-state index contributed by atoms with van der Waals surface area (Å²) < 4.78 is 0. The highest BCUT2D eigenvalue weighted by Crippen LogP contribution is 2.28. The van der Waals surface area contributed by atoms with Crippen molar-refractivity contribution in [2.24, 2.45) is 0 Å². The van der Waals surface area contributed by atoms with Crippen molar-refractivity contribution in [3.8, 4) is 0 Å². The van der Waals surface area contributed by atoms with Crippen molar-refractivity contribution in [2.45, 2.75) is 32.2 Å². The second kappa shape index (κ2) is 5.74. The first-order chi connectivity index (χ1) is 9.36. The summed E-state index contributed by atoms with van der Waals surface area (Å²) in [5, 5.41) is 3.25. The quantitative estimate of drug-likeness (QED) is 0.872. The van der Waals surface area contributed by atoms with E-state index in [1.54, 1.807) is 0 Å². The van der Waals surface area contributed by atoms with Gasteiger partial charge in [0, 0.05) is 45.0 Å². The molecule has 0 unspecified atom stereocenters. The molecule has 1 saturated heterocycles. The van der Waals surface area contributed by atoms with E-state index in [1.165, 1.54) is 25.9 Å². The van der Waals surface area contributed by atoms with Crippen LogP contribution in [0.5, 0.6) is 0 Å². The third kappa shape index (κ3) is 3.15. The number of piperazine rings is 1. The van der Waals surface area contributed by atoms with E-state index in [0.29, 0.717) is 0 Å². The molecule has 104 valence electrons. The maximum absolute atomic E-state index is 4.60. The van der Waals surface area contributed by atoms with Gasteiger partial charge in [0.2, 0.25) is 5.95 Å². The Morgan fingerprint density at radius 2 is 2.05 bits per heavy atom. The van der Waals surface area contributed by atoms with Crippen LogP contribution in [0.4, 0.5) is 11.8 Å². The molecular weight excluding hydrogens is 238 g/mol. The minimum Gasteiger partial charge on any atom is -0.354 e. The molecule has 2 heterocycles. The minimum absolute atomic E-state index is 0.754. The number of hydrogen-bond donors (Lipinski definition) is 1. The van der Waals surface area contributed by atoms with Gasteiger partial charge in [-0.25, -0.2) is 4.98 Å². The number of hydrogen-bond acceptors (Lipinski definition) is 5. The molecule has 3 rings (SSSR count). The number of nitrogens with zero attached hydrogens (tertiary/aromatic N) is 4. The van der Waals surface area contributed by atoms with Crippen molar-refractivity contribution in [1.29, 1.82) is 0 Å². The molecule has 5 nitrogen and oxygen atoms in total. The molecular formula is C14H23N5. The third-order valence-corrected chi connectivity index (χ3v) is 3.88. The maximum Gasteiger partial charge on any atom is 0.224 e. The van der Waals surface area contributed by atoms with Gasteiger partial charge >= 0.3 is 0 Å². The van der Waals surface area contributed by atoms with Crippen LogP contribution in [0.15, 0.2) is 12.3 Å². The summed E-state index contributed by atoms with van der Waals surface area (Å²) in [4.78, 5) is 13.9. The van der Waals surface area contributed by atoms with Gasteiger partial charge in [0.15, 0.2) is 0 Å². The Hall–Kier alpha value is -1.36. The fraction of sp³-hybridized carbons (Fsp3) is 0.714. The van der Waals surface area contributed by atoms with Crippen molar-refractivity contribution in [1.82, 2.24) is 14.9 Å². The van der Waals surface area contributed by atoms with Crippen LogP contribution in [0.3, 0.4) is 0 Å². The Labute approximate surface area is 115 Å². The molecule has 1 saturated carbocycles. The Kier molecular flexibility index (Phi) is 3.82. The lowest BCUT2D eigenvalue weighted by molar-refractivity contribution is 0.247. The highest BCUT2D eigenvalue weighted by Gasteiger charge is 2.31. The molecule has 1 aromatic rings. The molecule has 0 atom stereocenters. The first-order valence-electron chi connectivity index (χ1n) is 7.42. The molecule has 0 amide bonds. The van der Waals surface area contributed by atoms with Crippen LogP contribution in [0.2, 0.25) is 0 Å². The van der Waals surface area contributed by atoms with Crippen molar-refractivity contribution in [3.05, 3.63) is 12.3 Å². The molecule has 1 N–H and O–H groups in total. The Balaban J connectivity index is 1.59. The summed E-state index contributed by atoms with van der Waals surface area (Å²) in [7, 11) is 0. The fourth-order valence-corrected chi connectivity index (χ4v) is 2.60. The van der Waals surface area contributed by atoms with E-state index in [9.17, 15) is 0 Å². The van der Waals surface area contributed by atoms with Gasteiger partial charge < -0.3 is 10.2 Å². The summed E-state index contributed by atoms with van der Waals surface area (Å²) in [6.07, 6.45) is 5.75. The van der Waals surface area contributed by atoms with Gasteiger partial charge in [0.1, 0.15) is 5.82 Å². The zero-order valence-corrected chi connectivity index (χ0v) is 11.7. The molecule has 0 radical (unpaired) electrons. The van der Waals surface area contributed by atoms with Crippen molar-refractivity contribution in [3.63, 3.8) is 0 Å². The van der Waals surface area contributed by atoms with E-state index < -0.39 is 0 Å². The van der Waals surface area contributed by atoms with Crippen LogP contribution in [0.25, 0.3) is 0 Å². The van der Waals surface area contributed by atoms with Gasteiger partial charge in [-0.2, -0.15) is 4.98 Å². The highest BCUT2D eigenvalue weighted by atomic mass is 15.3. The van der Waals surface area contributed by atoms with Crippen LogP contribution >= 0.6 is 0 Å². The molecule has 1 aromatic heterocycles. The van der Waals surface area contributed by atoms with E-state index in [4.69, 9.17) is 0 Å². The summed E-state index contributed by atoms with van der Waals surface area (Å²) in [6.45, 7) is 7.59. The third-order valence-electron chi connectivity index (χ3n) is 3.88. The Morgan fingerprint density at radius 3 is 2.74 bits per heavy atom. The van der Waals surface area contributed by atoms with Crippen LogP contribution < -0.4 is 10.2 Å². The number of aromatic nitrogens is 2. The van der Waals surface area contributed by atoms with Gasteiger partial charge in [-0.05, 0) is 25.3 Å². The normalized spacial score (nSPS) is 20.6. The van der Waals surface area contributed by atoms with Gasteiger partial charge in [-0.1, -0.05) is 6.92 Å². The first-order valence-corrected chi connectivity index (χ1v) is 7.42. The standard InChI is InChI=1S/C14H23N5/c1-2-6-15-14-16-7-5-13(17-14)19-10-8-18(9-11-19)12-3-4-12/h5,7,12H,2-4,6,8-11H2,1H3,(H,15,16,17). The summed E-state index contributed by atoms with van der Waals surface area (Å²) in [6, 6.07) is 2.90. The molecule has 2 aliphatic rings. The predicted octanol–water partition coefficient (Wildman–Crippen LogP) is 1.58. The SMILES string of the molecule is CCCNc1nccc(N2CCN(C3CC3)CC2)n1. The monoisotopic (exact) mass is 261 g/mol. The molecule has 1 aliphatic heterocycles. The summed E-state index contributed by atoms with van der Waals surface area (Å²) in [5.41, 5.74) is 0. The largest absolute Gasteiger partial charge is 0.354 e. The summed E-state index contributed by atoms with van der Waals surface area (Å²) >= 11 is 0. The zero-order valence-electron chi connectivity index (χ0n) is 11.7. The van der Waals surface area contributed by atoms with E-state index in [-0.39, 0.29) is 0 Å². The molecule has 0 aromatic carbocycles. The van der Waals surface area contributed by atoms with Crippen LogP contribution in [0.1, 0.15) is 26.2 Å². The van der Waals surface area contributed by atoms with Crippen LogP contribution in [-0.4, -0.2) is 53.6 Å². The van der Waals surface area contributed by atoms with Gasteiger partial charge in [0.25, 0.3) is 0 Å². The molecule has 0 bridgehead atoms. The lowest BCUT2D eigenvalue weighted by Gasteiger charge is -2.35. The Bertz CT molecular complexity index is 410. The van der Waals surface area contributed by atoms with Crippen molar-refractivity contribution >= 4 is 11.8 Å². The topological polar surface area (TPSA) is 44.3 Å². The van der Waals surface area contributed by atoms with Crippen LogP contribution in [-0.2, 0) is 0 Å². The molecule has 5 heteroatoms. The average Bonchev–Trinajstić information content (AvgIpc) is 3.30. The van der Waals surface area contributed by atoms with Gasteiger partial charge in [0.05, 0.1) is 0 Å². The van der Waals surface area contributed by atoms with E-state index in [2.05, 4.69) is 32.0 Å². The molecule has 0 spiro atoms. The lowest BCUT2D eigenvalue weighted by atomic mass is 10.3. The highest BCUT2D eigenvalue weighted by molar-refractivity contribution is 5.43. The van der Waals surface area contributed by atoms with Crippen molar-refractivity contribution in [2.75, 3.05) is 42.9 Å². The van der Waals surface area contributed by atoms with E-state index in [0.717, 1.165) is 43.9 Å².